The van der Waals surface area contributed by atoms with Crippen molar-refractivity contribution in [2.24, 2.45) is 0 Å². The van der Waals surface area contributed by atoms with Crippen LogP contribution >= 0.6 is 0 Å². The van der Waals surface area contributed by atoms with Crippen LogP contribution in [-0.4, -0.2) is 65.6 Å². The minimum absolute atomic E-state index is 0.315. The van der Waals surface area contributed by atoms with Crippen LogP contribution in [0.3, 0.4) is 0 Å². The number of imide groups is 1. The molecule has 116 valence electrons. The van der Waals surface area contributed by atoms with Crippen LogP contribution < -0.4 is 0 Å². The van der Waals surface area contributed by atoms with Crippen molar-refractivity contribution in [2.75, 3.05) is 27.2 Å². The highest BCUT2D eigenvalue weighted by Gasteiger charge is 2.62. The predicted octanol–water partition coefficient (Wildman–Crippen LogP) is 0.727. The molecule has 3 rings (SSSR count). The maximum absolute atomic E-state index is 12.8. The Morgan fingerprint density at radius 2 is 1.86 bits per heavy atom. The Kier molecular flexibility index (Phi) is 3.37. The molecular formula is C15H17N3O4. The number of benzene rings is 1. The number of carbonyl (C=O) groups is 3. The van der Waals surface area contributed by atoms with E-state index in [2.05, 4.69) is 0 Å². The summed E-state index contributed by atoms with van der Waals surface area (Å²) in [4.78, 5) is 41.0. The minimum Gasteiger partial charge on any atom is -0.330 e. The van der Waals surface area contributed by atoms with Crippen LogP contribution in [0.5, 0.6) is 0 Å². The van der Waals surface area contributed by atoms with Crippen molar-refractivity contribution >= 4 is 17.8 Å². The highest BCUT2D eigenvalue weighted by atomic mass is 16.6. The maximum Gasteiger partial charge on any atom is 0.330 e. The summed E-state index contributed by atoms with van der Waals surface area (Å²) in [5.41, 5.74) is 0.454. The summed E-state index contributed by atoms with van der Waals surface area (Å²) >= 11 is 0. The van der Waals surface area contributed by atoms with Crippen LogP contribution in [0.2, 0.25) is 0 Å². The van der Waals surface area contributed by atoms with E-state index in [0.29, 0.717) is 25.1 Å². The van der Waals surface area contributed by atoms with E-state index in [0.717, 1.165) is 4.90 Å². The molecule has 2 aliphatic rings. The molecule has 2 heterocycles. The number of urea groups is 1. The number of amides is 4. The number of hydrogen-bond donors (Lipinski definition) is 0. The average Bonchev–Trinajstić information content (AvgIpc) is 2.72. The highest BCUT2D eigenvalue weighted by molar-refractivity contribution is 6.08. The van der Waals surface area contributed by atoms with Gasteiger partial charge in [-0.15, -0.1) is 0 Å². The van der Waals surface area contributed by atoms with Crippen molar-refractivity contribution in [1.29, 1.82) is 0 Å². The summed E-state index contributed by atoms with van der Waals surface area (Å²) in [7, 11) is 2.86. The van der Waals surface area contributed by atoms with Crippen LogP contribution in [0.25, 0.3) is 0 Å². The third-order valence-electron chi connectivity index (χ3n) is 4.07. The quantitative estimate of drug-likeness (QED) is 0.717. The second-order valence-corrected chi connectivity index (χ2v) is 5.34. The summed E-state index contributed by atoms with van der Waals surface area (Å²) in [6, 6.07) is 8.18. The van der Waals surface area contributed by atoms with Gasteiger partial charge in [0.2, 0.25) is 0 Å². The van der Waals surface area contributed by atoms with E-state index in [1.54, 1.807) is 24.3 Å². The lowest BCUT2D eigenvalue weighted by molar-refractivity contribution is -0.217. The Hall–Kier alpha value is -2.41. The molecule has 0 aliphatic carbocycles. The number of nitrogens with zero attached hydrogens (tertiary/aromatic N) is 3. The molecule has 1 unspecified atom stereocenters. The van der Waals surface area contributed by atoms with Crippen molar-refractivity contribution in [3.8, 4) is 0 Å². The molecule has 7 heteroatoms. The Morgan fingerprint density at radius 1 is 1.18 bits per heavy atom. The van der Waals surface area contributed by atoms with E-state index in [-0.39, 0.29) is 5.91 Å². The lowest BCUT2D eigenvalue weighted by Gasteiger charge is -2.44. The van der Waals surface area contributed by atoms with E-state index in [4.69, 9.17) is 4.74 Å². The topological polar surface area (TPSA) is 70.2 Å². The Balaban J connectivity index is 2.04. The highest BCUT2D eigenvalue weighted by Crippen LogP contribution is 2.34. The van der Waals surface area contributed by atoms with Crippen molar-refractivity contribution in [2.45, 2.75) is 12.3 Å². The van der Waals surface area contributed by atoms with Gasteiger partial charge in [0.25, 0.3) is 5.91 Å². The predicted molar refractivity (Wildman–Crippen MR) is 76.7 cm³/mol. The van der Waals surface area contributed by atoms with Gasteiger partial charge in [-0.05, 0) is 18.6 Å². The number of likely N-dealkylation sites (N-methyl/N-ethyl adjacent to an activating group) is 2. The molecular weight excluding hydrogens is 286 g/mol. The van der Waals surface area contributed by atoms with Crippen LogP contribution in [-0.2, 0) is 9.53 Å². The number of carbonyl (C=O) groups excluding carboxylic acids is 3. The zero-order valence-corrected chi connectivity index (χ0v) is 12.5. The summed E-state index contributed by atoms with van der Waals surface area (Å²) in [5.74, 6) is -2.54. The van der Waals surface area contributed by atoms with Gasteiger partial charge in [0.15, 0.2) is 0 Å². The second kappa shape index (κ2) is 5.10. The Bertz CT molecular complexity index is 633. The first kappa shape index (κ1) is 14.5. The van der Waals surface area contributed by atoms with Crippen LogP contribution in [0, 0.1) is 0 Å². The van der Waals surface area contributed by atoms with Crippen molar-refractivity contribution in [3.05, 3.63) is 35.9 Å². The summed E-state index contributed by atoms with van der Waals surface area (Å²) in [6.07, 6.45) is 0.610. The first-order chi connectivity index (χ1) is 10.5. The molecule has 0 N–H and O–H groups in total. The second-order valence-electron chi connectivity index (χ2n) is 5.34. The molecule has 1 aromatic carbocycles. The molecule has 7 nitrogen and oxygen atoms in total. The van der Waals surface area contributed by atoms with E-state index < -0.39 is 17.8 Å². The van der Waals surface area contributed by atoms with Crippen LogP contribution in [0.15, 0.2) is 30.3 Å². The lowest BCUT2D eigenvalue weighted by Crippen LogP contribution is -2.67. The Labute approximate surface area is 128 Å². The molecule has 0 bridgehead atoms. The number of rotatable bonds is 1. The fourth-order valence-corrected chi connectivity index (χ4v) is 2.90. The molecule has 0 radical (unpaired) electrons. The first-order valence-electron chi connectivity index (χ1n) is 7.07. The smallest absolute Gasteiger partial charge is 0.330 e. The minimum atomic E-state index is -1.67. The summed E-state index contributed by atoms with van der Waals surface area (Å²) < 4.78 is 5.67. The molecule has 0 aromatic heterocycles. The molecule has 2 saturated heterocycles. The van der Waals surface area contributed by atoms with Gasteiger partial charge in [0.05, 0.1) is 6.61 Å². The molecule has 4 amide bonds. The van der Waals surface area contributed by atoms with Gasteiger partial charge in [0.1, 0.15) is 0 Å². The first-order valence-corrected chi connectivity index (χ1v) is 7.07. The van der Waals surface area contributed by atoms with Gasteiger partial charge in [-0.3, -0.25) is 24.3 Å². The number of hydrogen-bond acceptors (Lipinski definition) is 4. The normalized spacial score (nSPS) is 25.3. The van der Waals surface area contributed by atoms with Crippen LogP contribution in [0.4, 0.5) is 4.79 Å². The third kappa shape index (κ3) is 1.82. The molecule has 1 atom stereocenters. The van der Waals surface area contributed by atoms with Crippen molar-refractivity contribution in [3.63, 3.8) is 0 Å². The van der Waals surface area contributed by atoms with Gasteiger partial charge in [-0.1, -0.05) is 18.2 Å². The van der Waals surface area contributed by atoms with E-state index in [1.165, 1.54) is 23.9 Å². The molecule has 1 spiro atoms. The lowest BCUT2D eigenvalue weighted by atomic mass is 10.1. The molecule has 22 heavy (non-hydrogen) atoms. The monoisotopic (exact) mass is 303 g/mol. The standard InChI is InChI=1S/C15H17N3O4/c1-16-13(20)15(17(2)14(16)21)18(9-6-10-22-15)12(19)11-7-4-3-5-8-11/h3-5,7-8H,6,9-10H2,1-2H3. The molecule has 1 aromatic rings. The van der Waals surface area contributed by atoms with Crippen molar-refractivity contribution in [1.82, 2.24) is 14.7 Å². The summed E-state index contributed by atoms with van der Waals surface area (Å²) in [5, 5.41) is 0. The third-order valence-corrected chi connectivity index (χ3v) is 4.07. The molecule has 0 saturated carbocycles. The van der Waals surface area contributed by atoms with Crippen molar-refractivity contribution < 1.29 is 19.1 Å². The van der Waals surface area contributed by atoms with E-state index in [1.807, 2.05) is 6.07 Å². The van der Waals surface area contributed by atoms with Gasteiger partial charge in [0, 0.05) is 26.2 Å². The molecule has 2 fully saturated rings. The van der Waals surface area contributed by atoms with Crippen LogP contribution in [0.1, 0.15) is 16.8 Å². The maximum atomic E-state index is 12.8. The van der Waals surface area contributed by atoms with E-state index >= 15 is 0 Å². The summed E-state index contributed by atoms with van der Waals surface area (Å²) in [6.45, 7) is 0.667. The van der Waals surface area contributed by atoms with Gasteiger partial charge in [-0.25, -0.2) is 4.79 Å². The largest absolute Gasteiger partial charge is 0.330 e. The molecule has 2 aliphatic heterocycles. The van der Waals surface area contributed by atoms with Gasteiger partial charge >= 0.3 is 17.8 Å². The number of ether oxygens (including phenoxy) is 1. The average molecular weight is 303 g/mol. The fraction of sp³-hybridized carbons (Fsp3) is 0.400. The fourth-order valence-electron chi connectivity index (χ4n) is 2.90. The zero-order chi connectivity index (χ0) is 15.9. The SMILES string of the molecule is CN1C(=O)N(C)C2(OCCCN2C(=O)c2ccccc2)C1=O. The van der Waals surface area contributed by atoms with E-state index in [9.17, 15) is 14.4 Å². The zero-order valence-electron chi connectivity index (χ0n) is 12.5. The Morgan fingerprint density at radius 3 is 2.45 bits per heavy atom. The van der Waals surface area contributed by atoms with Gasteiger partial charge < -0.3 is 4.74 Å². The van der Waals surface area contributed by atoms with Gasteiger partial charge in [-0.2, -0.15) is 0 Å².